The number of aromatic nitrogens is 2. The number of carbonyl (C=O) groups excluding carboxylic acids is 2. The SMILES string of the molecule is CN(C)C(=O)CN(C)C(=O)c1ccc(Cl)nn1. The Labute approximate surface area is 104 Å². The van der Waals surface area contributed by atoms with Crippen molar-refractivity contribution >= 4 is 23.4 Å². The molecule has 0 spiro atoms. The van der Waals surface area contributed by atoms with Crippen molar-refractivity contribution in [1.29, 1.82) is 0 Å². The molecule has 0 atom stereocenters. The van der Waals surface area contributed by atoms with Crippen LogP contribution < -0.4 is 0 Å². The second-order valence-electron chi connectivity index (χ2n) is 3.69. The van der Waals surface area contributed by atoms with E-state index in [0.29, 0.717) is 0 Å². The van der Waals surface area contributed by atoms with Crippen molar-refractivity contribution in [2.24, 2.45) is 0 Å². The van der Waals surface area contributed by atoms with Gasteiger partial charge in [0.1, 0.15) is 0 Å². The summed E-state index contributed by atoms with van der Waals surface area (Å²) in [6.45, 7) is -0.00383. The van der Waals surface area contributed by atoms with E-state index in [-0.39, 0.29) is 29.2 Å². The van der Waals surface area contributed by atoms with Crippen LogP contribution in [0.15, 0.2) is 12.1 Å². The molecule has 0 aliphatic carbocycles. The van der Waals surface area contributed by atoms with Crippen LogP contribution in [0, 0.1) is 0 Å². The van der Waals surface area contributed by atoms with Gasteiger partial charge in [0.05, 0.1) is 6.54 Å². The summed E-state index contributed by atoms with van der Waals surface area (Å²) in [4.78, 5) is 25.9. The molecule has 0 saturated carbocycles. The quantitative estimate of drug-likeness (QED) is 0.780. The predicted molar refractivity (Wildman–Crippen MR) is 62.7 cm³/mol. The Kier molecular flexibility index (Phi) is 4.39. The van der Waals surface area contributed by atoms with Gasteiger partial charge in [-0.1, -0.05) is 11.6 Å². The van der Waals surface area contributed by atoms with Crippen molar-refractivity contribution in [1.82, 2.24) is 20.0 Å². The average Bonchev–Trinajstić information content (AvgIpc) is 2.28. The molecule has 0 fully saturated rings. The maximum Gasteiger partial charge on any atom is 0.274 e. The molecule has 1 aromatic rings. The van der Waals surface area contributed by atoms with E-state index in [1.807, 2.05) is 0 Å². The Morgan fingerprint density at radius 3 is 2.35 bits per heavy atom. The summed E-state index contributed by atoms with van der Waals surface area (Å²) < 4.78 is 0. The van der Waals surface area contributed by atoms with E-state index in [1.54, 1.807) is 14.1 Å². The molecular weight excluding hydrogens is 244 g/mol. The maximum absolute atomic E-state index is 11.8. The van der Waals surface area contributed by atoms with E-state index in [2.05, 4.69) is 10.2 Å². The normalized spacial score (nSPS) is 9.88. The fraction of sp³-hybridized carbons (Fsp3) is 0.400. The fourth-order valence-electron chi connectivity index (χ4n) is 1.04. The monoisotopic (exact) mass is 256 g/mol. The van der Waals surface area contributed by atoms with Gasteiger partial charge in [0, 0.05) is 21.1 Å². The van der Waals surface area contributed by atoms with Crippen LogP contribution in [0.5, 0.6) is 0 Å². The average molecular weight is 257 g/mol. The minimum atomic E-state index is -0.371. The molecule has 0 bridgehead atoms. The zero-order valence-corrected chi connectivity index (χ0v) is 10.6. The second-order valence-corrected chi connectivity index (χ2v) is 4.08. The van der Waals surface area contributed by atoms with Crippen LogP contribution in [0.3, 0.4) is 0 Å². The molecule has 1 aromatic heterocycles. The summed E-state index contributed by atoms with van der Waals surface area (Å²) in [6.07, 6.45) is 0. The van der Waals surface area contributed by atoms with Gasteiger partial charge in [-0.05, 0) is 12.1 Å². The number of amides is 2. The minimum absolute atomic E-state index is 0.00383. The zero-order valence-electron chi connectivity index (χ0n) is 9.85. The Hall–Kier alpha value is -1.69. The summed E-state index contributed by atoms with van der Waals surface area (Å²) in [7, 11) is 4.78. The molecular formula is C10H13ClN4O2. The lowest BCUT2D eigenvalue weighted by atomic mass is 10.3. The van der Waals surface area contributed by atoms with Crippen molar-refractivity contribution < 1.29 is 9.59 Å². The van der Waals surface area contributed by atoms with E-state index < -0.39 is 0 Å². The van der Waals surface area contributed by atoms with Crippen LogP contribution in [0.1, 0.15) is 10.5 Å². The van der Waals surface area contributed by atoms with Crippen molar-refractivity contribution in [2.45, 2.75) is 0 Å². The summed E-state index contributed by atoms with van der Waals surface area (Å²) >= 11 is 5.56. The number of hydrogen-bond donors (Lipinski definition) is 0. The Morgan fingerprint density at radius 1 is 1.24 bits per heavy atom. The molecule has 2 amide bonds. The molecule has 0 radical (unpaired) electrons. The van der Waals surface area contributed by atoms with Gasteiger partial charge in [-0.2, -0.15) is 0 Å². The van der Waals surface area contributed by atoms with Crippen LogP contribution >= 0.6 is 11.6 Å². The van der Waals surface area contributed by atoms with Gasteiger partial charge < -0.3 is 9.80 Å². The first kappa shape index (κ1) is 13.4. The van der Waals surface area contributed by atoms with Crippen molar-refractivity contribution in [3.8, 4) is 0 Å². The van der Waals surface area contributed by atoms with Crippen LogP contribution in [0.2, 0.25) is 5.15 Å². The second kappa shape index (κ2) is 5.58. The van der Waals surface area contributed by atoms with Gasteiger partial charge in [0.2, 0.25) is 5.91 Å². The molecule has 6 nitrogen and oxygen atoms in total. The van der Waals surface area contributed by atoms with Crippen LogP contribution in [0.25, 0.3) is 0 Å². The van der Waals surface area contributed by atoms with E-state index >= 15 is 0 Å². The highest BCUT2D eigenvalue weighted by Crippen LogP contribution is 2.04. The molecule has 1 heterocycles. The maximum atomic E-state index is 11.8. The fourth-order valence-corrected chi connectivity index (χ4v) is 1.14. The highest BCUT2D eigenvalue weighted by molar-refractivity contribution is 6.29. The standard InChI is InChI=1S/C10H13ClN4O2/c1-14(2)9(16)6-15(3)10(17)7-4-5-8(11)13-12-7/h4-5H,6H2,1-3H3. The molecule has 17 heavy (non-hydrogen) atoms. The third kappa shape index (κ3) is 3.67. The van der Waals surface area contributed by atoms with Gasteiger partial charge in [-0.3, -0.25) is 9.59 Å². The largest absolute Gasteiger partial charge is 0.347 e. The van der Waals surface area contributed by atoms with Crippen molar-refractivity contribution in [3.05, 3.63) is 23.0 Å². The first-order chi connectivity index (χ1) is 7.91. The Morgan fingerprint density at radius 2 is 1.88 bits per heavy atom. The molecule has 0 aliphatic rings. The third-order valence-corrected chi connectivity index (χ3v) is 2.27. The minimum Gasteiger partial charge on any atom is -0.347 e. The topological polar surface area (TPSA) is 66.4 Å². The molecule has 0 N–H and O–H groups in total. The molecule has 92 valence electrons. The van der Waals surface area contributed by atoms with Gasteiger partial charge in [-0.15, -0.1) is 10.2 Å². The number of hydrogen-bond acceptors (Lipinski definition) is 4. The van der Waals surface area contributed by atoms with Crippen molar-refractivity contribution in [2.75, 3.05) is 27.7 Å². The summed E-state index contributed by atoms with van der Waals surface area (Å²) in [5.41, 5.74) is 0.156. The van der Waals surface area contributed by atoms with Crippen LogP contribution in [-0.2, 0) is 4.79 Å². The summed E-state index contributed by atoms with van der Waals surface area (Å²) in [5, 5.41) is 7.44. The van der Waals surface area contributed by atoms with E-state index in [0.717, 1.165) is 0 Å². The first-order valence-corrected chi connectivity index (χ1v) is 5.24. The molecule has 0 aliphatic heterocycles. The predicted octanol–water partition coefficient (Wildman–Crippen LogP) is 0.290. The summed E-state index contributed by atoms with van der Waals surface area (Å²) in [6, 6.07) is 2.94. The lowest BCUT2D eigenvalue weighted by Gasteiger charge is -2.18. The Bertz CT molecular complexity index is 419. The zero-order chi connectivity index (χ0) is 13.0. The molecule has 0 unspecified atom stereocenters. The smallest absolute Gasteiger partial charge is 0.274 e. The van der Waals surface area contributed by atoms with E-state index in [1.165, 1.54) is 29.0 Å². The number of likely N-dealkylation sites (N-methyl/N-ethyl adjacent to an activating group) is 2. The van der Waals surface area contributed by atoms with Gasteiger partial charge in [-0.25, -0.2) is 0 Å². The van der Waals surface area contributed by atoms with E-state index in [9.17, 15) is 9.59 Å². The lowest BCUT2D eigenvalue weighted by Crippen LogP contribution is -2.38. The number of rotatable bonds is 3. The van der Waals surface area contributed by atoms with Crippen LogP contribution in [-0.4, -0.2) is 59.5 Å². The summed E-state index contributed by atoms with van der Waals surface area (Å²) in [5.74, 6) is -0.535. The first-order valence-electron chi connectivity index (χ1n) is 4.86. The molecule has 0 aromatic carbocycles. The highest BCUT2D eigenvalue weighted by atomic mass is 35.5. The molecule has 1 rings (SSSR count). The van der Waals surface area contributed by atoms with Gasteiger partial charge in [0.25, 0.3) is 5.91 Å². The number of nitrogens with zero attached hydrogens (tertiary/aromatic N) is 4. The van der Waals surface area contributed by atoms with E-state index in [4.69, 9.17) is 11.6 Å². The Balaban J connectivity index is 2.70. The highest BCUT2D eigenvalue weighted by Gasteiger charge is 2.17. The van der Waals surface area contributed by atoms with Crippen molar-refractivity contribution in [3.63, 3.8) is 0 Å². The lowest BCUT2D eigenvalue weighted by molar-refractivity contribution is -0.129. The van der Waals surface area contributed by atoms with Crippen LogP contribution in [0.4, 0.5) is 0 Å². The third-order valence-electron chi connectivity index (χ3n) is 2.07. The number of halogens is 1. The van der Waals surface area contributed by atoms with Gasteiger partial charge in [0.15, 0.2) is 10.8 Å². The van der Waals surface area contributed by atoms with Gasteiger partial charge >= 0.3 is 0 Å². The molecule has 7 heteroatoms. The molecule has 0 saturated heterocycles. The number of carbonyl (C=O) groups is 2.